The Hall–Kier alpha value is -1.66. The van der Waals surface area contributed by atoms with Gasteiger partial charge in [-0.1, -0.05) is 6.07 Å². The normalized spacial score (nSPS) is 22.0. The lowest BCUT2D eigenvalue weighted by Gasteiger charge is -2.33. The molecule has 1 aromatic carbocycles. The van der Waals surface area contributed by atoms with E-state index in [9.17, 15) is 9.18 Å². The molecule has 0 N–H and O–H groups in total. The van der Waals surface area contributed by atoms with Crippen molar-refractivity contribution in [3.8, 4) is 5.75 Å². The van der Waals surface area contributed by atoms with E-state index in [0.717, 1.165) is 58.8 Å². The number of likely N-dealkylation sites (tertiary alicyclic amines) is 1. The molecule has 0 saturated carbocycles. The highest BCUT2D eigenvalue weighted by Crippen LogP contribution is 2.20. The van der Waals surface area contributed by atoms with Gasteiger partial charge in [-0.25, -0.2) is 4.39 Å². The summed E-state index contributed by atoms with van der Waals surface area (Å²) in [5, 5.41) is 0. The van der Waals surface area contributed by atoms with E-state index in [1.54, 1.807) is 12.1 Å². The van der Waals surface area contributed by atoms with Crippen molar-refractivity contribution in [3.05, 3.63) is 30.1 Å². The third-order valence-corrected chi connectivity index (χ3v) is 4.90. The van der Waals surface area contributed by atoms with Crippen LogP contribution in [0.2, 0.25) is 0 Å². The van der Waals surface area contributed by atoms with Gasteiger partial charge in [0.05, 0.1) is 19.8 Å². The number of hydrogen-bond acceptors (Lipinski definition) is 4. The Morgan fingerprint density at radius 1 is 1.28 bits per heavy atom. The molecule has 0 aromatic heterocycles. The molecule has 1 amide bonds. The molecule has 25 heavy (non-hydrogen) atoms. The van der Waals surface area contributed by atoms with E-state index in [0.29, 0.717) is 24.7 Å². The minimum absolute atomic E-state index is 0.224. The van der Waals surface area contributed by atoms with Crippen LogP contribution < -0.4 is 4.74 Å². The fourth-order valence-electron chi connectivity index (χ4n) is 3.44. The predicted molar refractivity (Wildman–Crippen MR) is 93.1 cm³/mol. The van der Waals surface area contributed by atoms with Crippen LogP contribution in [0.1, 0.15) is 19.3 Å². The summed E-state index contributed by atoms with van der Waals surface area (Å²) in [6.07, 6.45) is 2.61. The van der Waals surface area contributed by atoms with E-state index >= 15 is 0 Å². The summed E-state index contributed by atoms with van der Waals surface area (Å²) >= 11 is 0. The molecule has 0 aliphatic carbocycles. The molecule has 5 nitrogen and oxygen atoms in total. The summed E-state index contributed by atoms with van der Waals surface area (Å²) < 4.78 is 24.2. The molecule has 0 spiro atoms. The van der Waals surface area contributed by atoms with Crippen LogP contribution in [0.3, 0.4) is 0 Å². The van der Waals surface area contributed by atoms with Crippen LogP contribution in [0.4, 0.5) is 4.39 Å². The van der Waals surface area contributed by atoms with E-state index in [4.69, 9.17) is 9.47 Å². The quantitative estimate of drug-likeness (QED) is 0.789. The third kappa shape index (κ3) is 5.68. The topological polar surface area (TPSA) is 42.0 Å². The van der Waals surface area contributed by atoms with Gasteiger partial charge in [0, 0.05) is 51.1 Å². The standard InChI is InChI=1S/C19H27FN2O3/c20-17-4-1-5-18(13-17)25-15-16-3-2-7-22(14-16)19(23)6-8-21-9-11-24-12-10-21/h1,4-5,13,16H,2-3,6-12,14-15H2/t16-/m1/s1. The highest BCUT2D eigenvalue weighted by atomic mass is 19.1. The number of hydrogen-bond donors (Lipinski definition) is 0. The van der Waals surface area contributed by atoms with Crippen LogP contribution in [0.15, 0.2) is 24.3 Å². The summed E-state index contributed by atoms with van der Waals surface area (Å²) in [5.41, 5.74) is 0. The summed E-state index contributed by atoms with van der Waals surface area (Å²) in [7, 11) is 0. The Morgan fingerprint density at radius 3 is 2.92 bits per heavy atom. The minimum atomic E-state index is -0.291. The highest BCUT2D eigenvalue weighted by Gasteiger charge is 2.24. The molecule has 2 saturated heterocycles. The monoisotopic (exact) mass is 350 g/mol. The second-order valence-corrected chi connectivity index (χ2v) is 6.82. The number of nitrogens with zero attached hydrogens (tertiary/aromatic N) is 2. The Morgan fingerprint density at radius 2 is 2.12 bits per heavy atom. The average molecular weight is 350 g/mol. The Bertz CT molecular complexity index is 563. The molecule has 1 atom stereocenters. The van der Waals surface area contributed by atoms with E-state index in [-0.39, 0.29) is 11.7 Å². The first-order valence-electron chi connectivity index (χ1n) is 9.17. The van der Waals surface area contributed by atoms with Crippen molar-refractivity contribution in [1.29, 1.82) is 0 Å². The van der Waals surface area contributed by atoms with Gasteiger partial charge in [0.15, 0.2) is 0 Å². The zero-order valence-electron chi connectivity index (χ0n) is 14.7. The van der Waals surface area contributed by atoms with Gasteiger partial charge in [-0.15, -0.1) is 0 Å². The van der Waals surface area contributed by atoms with Gasteiger partial charge >= 0.3 is 0 Å². The highest BCUT2D eigenvalue weighted by molar-refractivity contribution is 5.76. The van der Waals surface area contributed by atoms with E-state index in [1.807, 2.05) is 4.90 Å². The molecule has 0 bridgehead atoms. The lowest BCUT2D eigenvalue weighted by molar-refractivity contribution is -0.133. The first-order chi connectivity index (χ1) is 12.2. The van der Waals surface area contributed by atoms with Crippen molar-refractivity contribution in [2.75, 3.05) is 52.5 Å². The first kappa shape index (κ1) is 18.1. The van der Waals surface area contributed by atoms with Gasteiger partial charge in [0.1, 0.15) is 11.6 Å². The maximum absolute atomic E-state index is 13.2. The summed E-state index contributed by atoms with van der Waals surface area (Å²) in [6.45, 7) is 6.25. The number of amides is 1. The van der Waals surface area contributed by atoms with Crippen molar-refractivity contribution in [2.45, 2.75) is 19.3 Å². The summed E-state index contributed by atoms with van der Waals surface area (Å²) in [4.78, 5) is 16.7. The van der Waals surface area contributed by atoms with Crippen molar-refractivity contribution in [2.24, 2.45) is 5.92 Å². The van der Waals surface area contributed by atoms with Crippen LogP contribution in [-0.4, -0.2) is 68.3 Å². The van der Waals surface area contributed by atoms with E-state index < -0.39 is 0 Å². The van der Waals surface area contributed by atoms with Crippen molar-refractivity contribution in [1.82, 2.24) is 9.80 Å². The van der Waals surface area contributed by atoms with Crippen LogP contribution >= 0.6 is 0 Å². The van der Waals surface area contributed by atoms with Crippen LogP contribution in [0.5, 0.6) is 5.75 Å². The Labute approximate surface area is 148 Å². The largest absolute Gasteiger partial charge is 0.493 e. The molecular formula is C19H27FN2O3. The molecule has 138 valence electrons. The lowest BCUT2D eigenvalue weighted by atomic mass is 9.98. The number of morpholine rings is 1. The molecule has 1 aromatic rings. The smallest absolute Gasteiger partial charge is 0.223 e. The first-order valence-corrected chi connectivity index (χ1v) is 9.17. The number of carbonyl (C=O) groups is 1. The van der Waals surface area contributed by atoms with Gasteiger partial charge in [0.25, 0.3) is 0 Å². The SMILES string of the molecule is O=C(CCN1CCOCC1)N1CCC[C@@H](COc2cccc(F)c2)C1. The molecule has 6 heteroatoms. The second kappa shape index (κ2) is 9.15. The van der Waals surface area contributed by atoms with Gasteiger partial charge in [-0.3, -0.25) is 9.69 Å². The van der Waals surface area contributed by atoms with Gasteiger partial charge in [0.2, 0.25) is 5.91 Å². The van der Waals surface area contributed by atoms with E-state index in [2.05, 4.69) is 4.90 Å². The van der Waals surface area contributed by atoms with E-state index in [1.165, 1.54) is 12.1 Å². The van der Waals surface area contributed by atoms with Crippen LogP contribution in [0, 0.1) is 11.7 Å². The lowest BCUT2D eigenvalue weighted by Crippen LogP contribution is -2.44. The molecule has 3 rings (SSSR count). The number of piperidine rings is 1. The number of benzene rings is 1. The fraction of sp³-hybridized carbons (Fsp3) is 0.632. The van der Waals surface area contributed by atoms with Crippen molar-refractivity contribution < 1.29 is 18.7 Å². The molecule has 2 fully saturated rings. The maximum atomic E-state index is 13.2. The van der Waals surface area contributed by atoms with Crippen LogP contribution in [0.25, 0.3) is 0 Å². The zero-order chi connectivity index (χ0) is 17.5. The third-order valence-electron chi connectivity index (χ3n) is 4.90. The van der Waals surface area contributed by atoms with Crippen LogP contribution in [-0.2, 0) is 9.53 Å². The molecule has 0 radical (unpaired) electrons. The summed E-state index contributed by atoms with van der Waals surface area (Å²) in [5.74, 6) is 0.795. The molecular weight excluding hydrogens is 323 g/mol. The fourth-order valence-corrected chi connectivity index (χ4v) is 3.44. The Balaban J connectivity index is 1.41. The maximum Gasteiger partial charge on any atom is 0.223 e. The molecule has 0 unspecified atom stereocenters. The zero-order valence-corrected chi connectivity index (χ0v) is 14.7. The predicted octanol–water partition coefficient (Wildman–Crippen LogP) is 2.17. The molecule has 2 aliphatic heterocycles. The van der Waals surface area contributed by atoms with Gasteiger partial charge in [-0.05, 0) is 25.0 Å². The summed E-state index contributed by atoms with van der Waals surface area (Å²) in [6, 6.07) is 6.21. The van der Waals surface area contributed by atoms with Crippen molar-refractivity contribution >= 4 is 5.91 Å². The minimum Gasteiger partial charge on any atom is -0.493 e. The van der Waals surface area contributed by atoms with Crippen molar-refractivity contribution in [3.63, 3.8) is 0 Å². The number of ether oxygens (including phenoxy) is 2. The molecule has 2 aliphatic rings. The number of carbonyl (C=O) groups excluding carboxylic acids is 1. The van der Waals surface area contributed by atoms with Gasteiger partial charge in [-0.2, -0.15) is 0 Å². The number of rotatable bonds is 6. The van der Waals surface area contributed by atoms with Gasteiger partial charge < -0.3 is 14.4 Å². The second-order valence-electron chi connectivity index (χ2n) is 6.82. The average Bonchev–Trinajstić information content (AvgIpc) is 2.65. The molecule has 2 heterocycles. The number of halogens is 1. The Kier molecular flexibility index (Phi) is 6.64.